The molecule has 2 aliphatic rings. The number of nitrogens with zero attached hydrogens (tertiary/aromatic N) is 1. The van der Waals surface area contributed by atoms with Gasteiger partial charge in [-0.15, -0.1) is 12.4 Å². The molecule has 0 amide bonds. The third-order valence-electron chi connectivity index (χ3n) is 6.31. The van der Waals surface area contributed by atoms with Gasteiger partial charge in [-0.3, -0.25) is 9.59 Å². The minimum absolute atomic E-state index is 0. The SMILES string of the molecule is Cl.O=C1C=C(c2ccccc2)CC(c2ccccc2)C1C(=O)CCN1CCCCC1. The van der Waals surface area contributed by atoms with Crippen molar-refractivity contribution in [3.8, 4) is 0 Å². The minimum Gasteiger partial charge on any atom is -0.303 e. The van der Waals surface area contributed by atoms with Crippen molar-refractivity contribution < 1.29 is 9.59 Å². The van der Waals surface area contributed by atoms with Gasteiger partial charge in [-0.25, -0.2) is 0 Å². The van der Waals surface area contributed by atoms with E-state index in [1.54, 1.807) is 6.08 Å². The van der Waals surface area contributed by atoms with Crippen LogP contribution in [0.5, 0.6) is 0 Å². The zero-order valence-electron chi connectivity index (χ0n) is 17.3. The topological polar surface area (TPSA) is 37.4 Å². The van der Waals surface area contributed by atoms with Gasteiger partial charge in [0, 0.05) is 18.9 Å². The van der Waals surface area contributed by atoms with E-state index in [1.165, 1.54) is 19.3 Å². The second-order valence-corrected chi connectivity index (χ2v) is 8.26. The second-order valence-electron chi connectivity index (χ2n) is 8.26. The highest BCUT2D eigenvalue weighted by molar-refractivity contribution is 6.12. The highest BCUT2D eigenvalue weighted by Crippen LogP contribution is 2.40. The lowest BCUT2D eigenvalue weighted by molar-refractivity contribution is -0.131. The predicted octanol–water partition coefficient (Wildman–Crippen LogP) is 5.31. The Morgan fingerprint density at radius 2 is 1.53 bits per heavy atom. The molecule has 0 radical (unpaired) electrons. The molecule has 1 heterocycles. The Kier molecular flexibility index (Phi) is 8.01. The van der Waals surface area contributed by atoms with Crippen LogP contribution in [0.2, 0.25) is 0 Å². The Balaban J connectivity index is 0.00000256. The van der Waals surface area contributed by atoms with Crippen LogP contribution < -0.4 is 0 Å². The number of hydrogen-bond donors (Lipinski definition) is 0. The van der Waals surface area contributed by atoms with Crippen molar-refractivity contribution in [3.63, 3.8) is 0 Å². The van der Waals surface area contributed by atoms with Crippen LogP contribution in [0.15, 0.2) is 66.7 Å². The van der Waals surface area contributed by atoms with Crippen LogP contribution in [-0.4, -0.2) is 36.1 Å². The maximum Gasteiger partial charge on any atom is 0.167 e. The zero-order valence-corrected chi connectivity index (χ0v) is 18.2. The average molecular weight is 424 g/mol. The number of ketones is 2. The first-order chi connectivity index (χ1) is 14.2. The number of hydrogen-bond acceptors (Lipinski definition) is 3. The van der Waals surface area contributed by atoms with Crippen LogP contribution in [0.25, 0.3) is 5.57 Å². The fourth-order valence-corrected chi connectivity index (χ4v) is 4.73. The zero-order chi connectivity index (χ0) is 20.1. The molecular formula is C26H30ClNO2. The van der Waals surface area contributed by atoms with Gasteiger partial charge in [0.05, 0.1) is 5.92 Å². The molecule has 2 unspecified atom stereocenters. The lowest BCUT2D eigenvalue weighted by Gasteiger charge is -2.31. The molecule has 0 spiro atoms. The van der Waals surface area contributed by atoms with E-state index in [9.17, 15) is 9.59 Å². The number of likely N-dealkylation sites (tertiary alicyclic amines) is 1. The normalized spacial score (nSPS) is 22.1. The summed E-state index contributed by atoms with van der Waals surface area (Å²) in [5.41, 5.74) is 3.18. The summed E-state index contributed by atoms with van der Waals surface area (Å²) in [4.78, 5) is 28.7. The van der Waals surface area contributed by atoms with Crippen molar-refractivity contribution in [1.29, 1.82) is 0 Å². The van der Waals surface area contributed by atoms with E-state index < -0.39 is 5.92 Å². The van der Waals surface area contributed by atoms with Crippen LogP contribution in [0, 0.1) is 5.92 Å². The van der Waals surface area contributed by atoms with Gasteiger partial charge in [0.15, 0.2) is 5.78 Å². The molecule has 0 aromatic heterocycles. The van der Waals surface area contributed by atoms with Crippen molar-refractivity contribution in [3.05, 3.63) is 77.9 Å². The Hall–Kier alpha value is -2.23. The summed E-state index contributed by atoms with van der Waals surface area (Å²) in [7, 11) is 0. The van der Waals surface area contributed by atoms with Crippen molar-refractivity contribution in [2.24, 2.45) is 5.92 Å². The van der Waals surface area contributed by atoms with Crippen LogP contribution >= 0.6 is 12.4 Å². The highest BCUT2D eigenvalue weighted by Gasteiger charge is 2.38. The molecule has 4 heteroatoms. The number of Topliss-reactive ketones (excluding diaryl/α,β-unsaturated/α-hetero) is 1. The Morgan fingerprint density at radius 3 is 2.20 bits per heavy atom. The molecule has 158 valence electrons. The maximum atomic E-state index is 13.2. The standard InChI is InChI=1S/C26H29NO2.ClH/c28-24(14-17-27-15-8-3-9-16-27)26-23(21-12-6-2-7-13-21)18-22(19-25(26)29)20-10-4-1-5-11-20;/h1-2,4-7,10-13,19,23,26H,3,8-9,14-18H2;1H. The van der Waals surface area contributed by atoms with Gasteiger partial charge < -0.3 is 4.90 Å². The number of piperidine rings is 1. The monoisotopic (exact) mass is 423 g/mol. The van der Waals surface area contributed by atoms with Crippen LogP contribution in [0.4, 0.5) is 0 Å². The molecule has 3 nitrogen and oxygen atoms in total. The number of benzene rings is 2. The number of halogens is 1. The van der Waals surface area contributed by atoms with E-state index in [1.807, 2.05) is 48.5 Å². The third kappa shape index (κ3) is 5.27. The van der Waals surface area contributed by atoms with Crippen LogP contribution in [0.3, 0.4) is 0 Å². The van der Waals surface area contributed by atoms with Gasteiger partial charge >= 0.3 is 0 Å². The Morgan fingerprint density at radius 1 is 0.900 bits per heavy atom. The van der Waals surface area contributed by atoms with E-state index >= 15 is 0 Å². The van der Waals surface area contributed by atoms with E-state index in [2.05, 4.69) is 17.0 Å². The summed E-state index contributed by atoms with van der Waals surface area (Å²) in [6.45, 7) is 2.93. The second kappa shape index (κ2) is 10.7. The molecule has 2 atom stereocenters. The van der Waals surface area contributed by atoms with E-state index in [0.717, 1.165) is 42.8 Å². The summed E-state index contributed by atoms with van der Waals surface area (Å²) in [6, 6.07) is 20.1. The van der Waals surface area contributed by atoms with Crippen LogP contribution in [-0.2, 0) is 9.59 Å². The van der Waals surface area contributed by atoms with Gasteiger partial charge in [0.1, 0.15) is 5.78 Å². The van der Waals surface area contributed by atoms with E-state index in [4.69, 9.17) is 0 Å². The molecule has 1 saturated heterocycles. The summed E-state index contributed by atoms with van der Waals surface area (Å²) in [5.74, 6) is -0.585. The maximum absolute atomic E-state index is 13.2. The summed E-state index contributed by atoms with van der Waals surface area (Å²) < 4.78 is 0. The van der Waals surface area contributed by atoms with Gasteiger partial charge in [0.2, 0.25) is 0 Å². The highest BCUT2D eigenvalue weighted by atomic mass is 35.5. The molecule has 1 aliphatic carbocycles. The first-order valence-electron chi connectivity index (χ1n) is 10.8. The number of allylic oxidation sites excluding steroid dienone is 2. The Bertz CT molecular complexity index is 872. The van der Waals surface area contributed by atoms with Gasteiger partial charge in [-0.1, -0.05) is 67.1 Å². The molecule has 1 fully saturated rings. The average Bonchev–Trinajstić information content (AvgIpc) is 2.79. The quantitative estimate of drug-likeness (QED) is 0.591. The van der Waals surface area contributed by atoms with Gasteiger partial charge in [-0.2, -0.15) is 0 Å². The summed E-state index contributed by atoms with van der Waals surface area (Å²) in [6.07, 6.45) is 6.62. The minimum atomic E-state index is -0.561. The van der Waals surface area contributed by atoms with Crippen molar-refractivity contribution in [2.45, 2.75) is 38.0 Å². The molecular weight excluding hydrogens is 394 g/mol. The molecule has 2 aromatic carbocycles. The molecule has 0 N–H and O–H groups in total. The number of rotatable bonds is 6. The van der Waals surface area contributed by atoms with E-state index in [0.29, 0.717) is 6.42 Å². The first-order valence-corrected chi connectivity index (χ1v) is 10.8. The van der Waals surface area contributed by atoms with Crippen molar-refractivity contribution in [1.82, 2.24) is 4.90 Å². The van der Waals surface area contributed by atoms with Crippen molar-refractivity contribution >= 4 is 29.5 Å². The molecule has 0 saturated carbocycles. The molecule has 4 rings (SSSR count). The van der Waals surface area contributed by atoms with Gasteiger partial charge in [0.25, 0.3) is 0 Å². The fourth-order valence-electron chi connectivity index (χ4n) is 4.73. The molecule has 30 heavy (non-hydrogen) atoms. The van der Waals surface area contributed by atoms with Crippen molar-refractivity contribution in [2.75, 3.05) is 19.6 Å². The number of carbonyl (C=O) groups excluding carboxylic acids is 2. The lowest BCUT2D eigenvalue weighted by atomic mass is 9.71. The first kappa shape index (κ1) is 22.5. The summed E-state index contributed by atoms with van der Waals surface area (Å²) >= 11 is 0. The largest absolute Gasteiger partial charge is 0.303 e. The molecule has 1 aliphatic heterocycles. The summed E-state index contributed by atoms with van der Waals surface area (Å²) in [5, 5.41) is 0. The van der Waals surface area contributed by atoms with Gasteiger partial charge in [-0.05, 0) is 55.1 Å². The predicted molar refractivity (Wildman–Crippen MR) is 124 cm³/mol. The lowest BCUT2D eigenvalue weighted by Crippen LogP contribution is -2.36. The Labute approximate surface area is 185 Å². The molecule has 2 aromatic rings. The number of carbonyl (C=O) groups is 2. The van der Waals surface area contributed by atoms with Crippen LogP contribution in [0.1, 0.15) is 49.1 Å². The molecule has 0 bridgehead atoms. The fraction of sp³-hybridized carbons (Fsp3) is 0.385. The smallest absolute Gasteiger partial charge is 0.167 e. The third-order valence-corrected chi connectivity index (χ3v) is 6.31. The van der Waals surface area contributed by atoms with E-state index in [-0.39, 0.29) is 29.9 Å².